The predicted octanol–water partition coefficient (Wildman–Crippen LogP) is 2.97. The zero-order valence-corrected chi connectivity index (χ0v) is 21.8. The molecule has 36 heavy (non-hydrogen) atoms. The molecule has 0 radical (unpaired) electrons. The second-order valence-corrected chi connectivity index (χ2v) is 9.46. The van der Waals surface area contributed by atoms with E-state index in [1.807, 2.05) is 50.2 Å². The highest BCUT2D eigenvalue weighted by atomic mass is 32.1. The topological polar surface area (TPSA) is 93.4 Å². The number of fused-ring (bicyclic) bond motifs is 1. The second-order valence-electron chi connectivity index (χ2n) is 8.45. The molecule has 1 aliphatic rings. The first kappa shape index (κ1) is 25.2. The Kier molecular flexibility index (Phi) is 7.30. The molecule has 9 heteroatoms. The Morgan fingerprint density at radius 2 is 1.89 bits per heavy atom. The van der Waals surface area contributed by atoms with Crippen LogP contribution in [0.2, 0.25) is 0 Å². The molecule has 0 saturated carbocycles. The number of nitrogens with zero attached hydrogens (tertiary/aromatic N) is 3. The van der Waals surface area contributed by atoms with Crippen LogP contribution in [0.4, 0.5) is 5.69 Å². The van der Waals surface area contributed by atoms with E-state index in [-0.39, 0.29) is 17.9 Å². The average Bonchev–Trinajstić information content (AvgIpc) is 3.15. The average molecular weight is 508 g/mol. The summed E-state index contributed by atoms with van der Waals surface area (Å²) in [5.41, 5.74) is 3.09. The van der Waals surface area contributed by atoms with E-state index < -0.39 is 12.0 Å². The van der Waals surface area contributed by atoms with E-state index in [0.717, 1.165) is 11.3 Å². The van der Waals surface area contributed by atoms with Crippen LogP contribution >= 0.6 is 11.3 Å². The molecule has 0 amide bonds. The second kappa shape index (κ2) is 10.4. The lowest BCUT2D eigenvalue weighted by atomic mass is 9.95. The molecule has 1 unspecified atom stereocenters. The van der Waals surface area contributed by atoms with Crippen molar-refractivity contribution in [3.8, 4) is 11.5 Å². The molecule has 2 aromatic carbocycles. The van der Waals surface area contributed by atoms with Crippen molar-refractivity contribution < 1.29 is 19.4 Å². The van der Waals surface area contributed by atoms with Crippen molar-refractivity contribution in [3.63, 3.8) is 0 Å². The van der Waals surface area contributed by atoms with E-state index in [0.29, 0.717) is 38.5 Å². The van der Waals surface area contributed by atoms with Crippen molar-refractivity contribution in [2.45, 2.75) is 26.8 Å². The summed E-state index contributed by atoms with van der Waals surface area (Å²) in [6.07, 6.45) is 1.74. The van der Waals surface area contributed by atoms with Gasteiger partial charge in [0.25, 0.3) is 5.56 Å². The molecular weight excluding hydrogens is 478 g/mol. The summed E-state index contributed by atoms with van der Waals surface area (Å²) in [4.78, 5) is 33.8. The Bertz CT molecular complexity index is 1500. The Labute approximate surface area is 213 Å². The number of phenols is 1. The van der Waals surface area contributed by atoms with Gasteiger partial charge in [-0.15, -0.1) is 0 Å². The number of anilines is 1. The molecule has 0 bridgehead atoms. The number of esters is 1. The van der Waals surface area contributed by atoms with Crippen LogP contribution in [0, 0.1) is 0 Å². The molecule has 1 aliphatic heterocycles. The SMILES string of the molecule is CCOC(=O)C1=C(C)N=c2s/c(=C/c3ccc(O)c(OCC)c3)c(=O)n2C1c1ccc(N(C)C)cc1. The van der Waals surface area contributed by atoms with Crippen LogP contribution in [0.3, 0.4) is 0 Å². The van der Waals surface area contributed by atoms with E-state index in [4.69, 9.17) is 9.47 Å². The standard InChI is InChI=1S/C27H29N3O5S/c1-6-34-21-14-17(8-13-20(21)31)15-22-25(32)30-24(18-9-11-19(12-10-18)29(4)5)23(26(33)35-7-2)16(3)28-27(30)36-22/h8-15,24,31H,6-7H2,1-5H3/b22-15+. The minimum absolute atomic E-state index is 0.0336. The lowest BCUT2D eigenvalue weighted by molar-refractivity contribution is -0.139. The van der Waals surface area contributed by atoms with Crippen LogP contribution in [0.1, 0.15) is 37.9 Å². The normalized spacial score (nSPS) is 15.4. The highest BCUT2D eigenvalue weighted by molar-refractivity contribution is 7.07. The third kappa shape index (κ3) is 4.79. The maximum absolute atomic E-state index is 13.7. The number of thiazole rings is 1. The first-order valence-corrected chi connectivity index (χ1v) is 12.5. The first-order chi connectivity index (χ1) is 17.2. The van der Waals surface area contributed by atoms with Gasteiger partial charge < -0.3 is 19.5 Å². The van der Waals surface area contributed by atoms with Gasteiger partial charge in [-0.2, -0.15) is 0 Å². The van der Waals surface area contributed by atoms with Gasteiger partial charge in [-0.1, -0.05) is 29.5 Å². The number of aromatic nitrogens is 1. The van der Waals surface area contributed by atoms with Crippen molar-refractivity contribution in [3.05, 3.63) is 84.5 Å². The largest absolute Gasteiger partial charge is 0.504 e. The number of carbonyl (C=O) groups excluding carboxylic acids is 1. The van der Waals surface area contributed by atoms with Gasteiger partial charge in [0.15, 0.2) is 16.3 Å². The Morgan fingerprint density at radius 1 is 1.17 bits per heavy atom. The van der Waals surface area contributed by atoms with Gasteiger partial charge in [0.1, 0.15) is 0 Å². The van der Waals surface area contributed by atoms with Gasteiger partial charge in [-0.05, 0) is 62.2 Å². The van der Waals surface area contributed by atoms with Crippen molar-refractivity contribution in [2.24, 2.45) is 4.99 Å². The van der Waals surface area contributed by atoms with Crippen LogP contribution in [0.25, 0.3) is 6.08 Å². The quantitative estimate of drug-likeness (QED) is 0.495. The highest BCUT2D eigenvalue weighted by Crippen LogP contribution is 2.32. The molecule has 0 spiro atoms. The van der Waals surface area contributed by atoms with E-state index in [2.05, 4.69) is 4.99 Å². The van der Waals surface area contributed by atoms with Crippen LogP contribution in [0.5, 0.6) is 11.5 Å². The third-order valence-electron chi connectivity index (χ3n) is 5.82. The van der Waals surface area contributed by atoms with Gasteiger partial charge in [-0.25, -0.2) is 9.79 Å². The molecule has 188 valence electrons. The van der Waals surface area contributed by atoms with Gasteiger partial charge in [0.2, 0.25) is 0 Å². The number of allylic oxidation sites excluding steroid dienone is 1. The number of hydrogen-bond donors (Lipinski definition) is 1. The molecule has 4 rings (SSSR count). The van der Waals surface area contributed by atoms with Crippen molar-refractivity contribution in [2.75, 3.05) is 32.2 Å². The molecule has 8 nitrogen and oxygen atoms in total. The summed E-state index contributed by atoms with van der Waals surface area (Å²) in [5.74, 6) is -0.112. The van der Waals surface area contributed by atoms with Crippen LogP contribution in [-0.4, -0.2) is 43.0 Å². The molecule has 0 saturated heterocycles. The Hall–Kier alpha value is -3.85. The fraction of sp³-hybridized carbons (Fsp3) is 0.296. The number of rotatable bonds is 7. The summed E-state index contributed by atoms with van der Waals surface area (Å²) in [6.45, 7) is 5.96. The number of benzene rings is 2. The van der Waals surface area contributed by atoms with Gasteiger partial charge in [0, 0.05) is 19.8 Å². The van der Waals surface area contributed by atoms with Gasteiger partial charge in [0.05, 0.1) is 35.1 Å². The molecular formula is C27H29N3O5S. The van der Waals surface area contributed by atoms with Crippen molar-refractivity contribution in [1.82, 2.24) is 4.57 Å². The molecule has 2 heterocycles. The van der Waals surface area contributed by atoms with Crippen molar-refractivity contribution in [1.29, 1.82) is 0 Å². The van der Waals surface area contributed by atoms with Crippen LogP contribution in [-0.2, 0) is 9.53 Å². The molecule has 1 aromatic heterocycles. The molecule has 0 aliphatic carbocycles. The van der Waals surface area contributed by atoms with Gasteiger partial charge >= 0.3 is 5.97 Å². The summed E-state index contributed by atoms with van der Waals surface area (Å²) >= 11 is 1.25. The fourth-order valence-electron chi connectivity index (χ4n) is 4.10. The fourth-order valence-corrected chi connectivity index (χ4v) is 5.15. The zero-order valence-electron chi connectivity index (χ0n) is 20.9. The summed E-state index contributed by atoms with van der Waals surface area (Å²) in [6, 6.07) is 12.0. The maximum atomic E-state index is 13.7. The lowest BCUT2D eigenvalue weighted by Gasteiger charge is -2.25. The minimum atomic E-state index is -0.669. The smallest absolute Gasteiger partial charge is 0.338 e. The molecule has 1 atom stereocenters. The molecule has 0 fully saturated rings. The van der Waals surface area contributed by atoms with Gasteiger partial charge in [-0.3, -0.25) is 9.36 Å². The van der Waals surface area contributed by atoms with E-state index in [1.165, 1.54) is 17.4 Å². The Morgan fingerprint density at radius 3 is 2.53 bits per heavy atom. The van der Waals surface area contributed by atoms with E-state index in [9.17, 15) is 14.7 Å². The summed E-state index contributed by atoms with van der Waals surface area (Å²) in [5, 5.41) is 10.0. The summed E-state index contributed by atoms with van der Waals surface area (Å²) in [7, 11) is 3.90. The number of ether oxygens (including phenoxy) is 2. The third-order valence-corrected chi connectivity index (χ3v) is 6.81. The van der Waals surface area contributed by atoms with E-state index in [1.54, 1.807) is 36.6 Å². The van der Waals surface area contributed by atoms with E-state index >= 15 is 0 Å². The number of hydrogen-bond acceptors (Lipinski definition) is 8. The lowest BCUT2D eigenvalue weighted by Crippen LogP contribution is -2.39. The first-order valence-electron chi connectivity index (χ1n) is 11.7. The summed E-state index contributed by atoms with van der Waals surface area (Å²) < 4.78 is 12.8. The number of carbonyl (C=O) groups is 1. The predicted molar refractivity (Wildman–Crippen MR) is 140 cm³/mol. The zero-order chi connectivity index (χ0) is 26.0. The molecule has 1 N–H and O–H groups in total. The maximum Gasteiger partial charge on any atom is 0.338 e. The minimum Gasteiger partial charge on any atom is -0.504 e. The Balaban J connectivity index is 1.90. The van der Waals surface area contributed by atoms with Crippen molar-refractivity contribution >= 4 is 29.1 Å². The van der Waals surface area contributed by atoms with Crippen LogP contribution in [0.15, 0.2) is 63.5 Å². The monoisotopic (exact) mass is 507 g/mol. The highest BCUT2D eigenvalue weighted by Gasteiger charge is 2.33. The van der Waals surface area contributed by atoms with Crippen LogP contribution < -0.4 is 24.5 Å². The number of aromatic hydroxyl groups is 1. The molecule has 3 aromatic rings. The number of phenolic OH excluding ortho intramolecular Hbond substituents is 1.